The van der Waals surface area contributed by atoms with Crippen molar-refractivity contribution in [3.05, 3.63) is 106 Å². The Morgan fingerprint density at radius 1 is 1.03 bits per heavy atom. The fraction of sp³-hybridized carbons (Fsp3) is 0.344. The number of nitrogens with zero attached hydrogens (tertiary/aromatic N) is 2. The first-order valence-corrected chi connectivity index (χ1v) is 14.3. The van der Waals surface area contributed by atoms with Gasteiger partial charge in [-0.15, -0.1) is 11.3 Å². The lowest BCUT2D eigenvalue weighted by atomic mass is 9.89. The molecule has 1 aromatic heterocycles. The summed E-state index contributed by atoms with van der Waals surface area (Å²) in [6, 6.07) is 30.7. The Morgan fingerprint density at radius 2 is 1.84 bits per heavy atom. The van der Waals surface area contributed by atoms with Crippen LogP contribution in [0.3, 0.4) is 0 Å². The van der Waals surface area contributed by atoms with Gasteiger partial charge in [-0.3, -0.25) is 9.69 Å². The van der Waals surface area contributed by atoms with E-state index in [9.17, 15) is 4.79 Å². The second kappa shape index (κ2) is 12.5. The lowest BCUT2D eigenvalue weighted by Crippen LogP contribution is -2.46. The third-order valence-corrected chi connectivity index (χ3v) is 8.62. The molecule has 5 rings (SSSR count). The minimum absolute atomic E-state index is 0.245. The van der Waals surface area contributed by atoms with Gasteiger partial charge >= 0.3 is 0 Å². The van der Waals surface area contributed by atoms with Crippen molar-refractivity contribution in [2.75, 3.05) is 39.8 Å². The first kappa shape index (κ1) is 25.7. The van der Waals surface area contributed by atoms with E-state index in [-0.39, 0.29) is 11.8 Å². The molecule has 5 heteroatoms. The van der Waals surface area contributed by atoms with Gasteiger partial charge in [-0.2, -0.15) is 0 Å². The van der Waals surface area contributed by atoms with Crippen molar-refractivity contribution in [3.8, 4) is 0 Å². The van der Waals surface area contributed by atoms with Crippen LogP contribution in [-0.4, -0.2) is 55.5 Å². The van der Waals surface area contributed by atoms with Crippen LogP contribution >= 0.6 is 11.3 Å². The second-order valence-corrected chi connectivity index (χ2v) is 11.0. The third-order valence-electron chi connectivity index (χ3n) is 7.64. The molecule has 0 radical (unpaired) electrons. The van der Waals surface area contributed by atoms with Gasteiger partial charge < -0.3 is 10.2 Å². The van der Waals surface area contributed by atoms with Gasteiger partial charge in [0.25, 0.3) is 0 Å². The molecular weight excluding hydrogens is 474 g/mol. The molecule has 0 spiro atoms. The number of fused-ring (bicyclic) bond motifs is 1. The van der Waals surface area contributed by atoms with Gasteiger partial charge in [-0.1, -0.05) is 78.9 Å². The lowest BCUT2D eigenvalue weighted by molar-refractivity contribution is -0.130. The number of carbonyl (C=O) groups is 1. The van der Waals surface area contributed by atoms with Crippen LogP contribution in [0.1, 0.15) is 47.2 Å². The zero-order valence-corrected chi connectivity index (χ0v) is 22.5. The zero-order chi connectivity index (χ0) is 25.5. The van der Waals surface area contributed by atoms with E-state index in [1.54, 1.807) is 0 Å². The molecule has 0 bridgehead atoms. The van der Waals surface area contributed by atoms with Crippen LogP contribution in [0.2, 0.25) is 0 Å². The predicted molar refractivity (Wildman–Crippen MR) is 155 cm³/mol. The molecule has 37 heavy (non-hydrogen) atoms. The summed E-state index contributed by atoms with van der Waals surface area (Å²) in [4.78, 5) is 18.9. The van der Waals surface area contributed by atoms with Gasteiger partial charge in [-0.25, -0.2) is 0 Å². The number of rotatable bonds is 10. The lowest BCUT2D eigenvalue weighted by Gasteiger charge is -2.36. The van der Waals surface area contributed by atoms with Crippen molar-refractivity contribution in [2.45, 2.75) is 31.2 Å². The molecule has 2 unspecified atom stereocenters. The van der Waals surface area contributed by atoms with Crippen LogP contribution in [0, 0.1) is 0 Å². The van der Waals surface area contributed by atoms with E-state index in [0.717, 1.165) is 45.6 Å². The number of amides is 1. The maximum atomic E-state index is 13.1. The summed E-state index contributed by atoms with van der Waals surface area (Å²) in [5.41, 5.74) is 2.71. The standard InChI is InChI=1S/C32H37N3OS/c1-34(32(36)17-8-20-35-22-19-33-24-30(35)26-11-3-2-4-12-26)21-18-29(31-16-9-23-37-31)28-15-7-13-25-10-5-6-14-27(25)28/h2-7,9-16,23,29-30,33H,8,17-22,24H2,1H3. The van der Waals surface area contributed by atoms with E-state index in [2.05, 4.69) is 101 Å². The van der Waals surface area contributed by atoms with E-state index in [1.807, 2.05) is 23.3 Å². The number of nitrogens with one attached hydrogen (secondary N) is 1. The number of hydrogen-bond acceptors (Lipinski definition) is 4. The number of hydrogen-bond donors (Lipinski definition) is 1. The first-order chi connectivity index (χ1) is 18.2. The van der Waals surface area contributed by atoms with Gasteiger partial charge in [0.15, 0.2) is 0 Å². The van der Waals surface area contributed by atoms with Crippen LogP contribution in [0.4, 0.5) is 0 Å². The van der Waals surface area contributed by atoms with Crippen LogP contribution in [0.25, 0.3) is 10.8 Å². The van der Waals surface area contributed by atoms with E-state index >= 15 is 0 Å². The van der Waals surface area contributed by atoms with Crippen LogP contribution in [0.5, 0.6) is 0 Å². The largest absolute Gasteiger partial charge is 0.346 e. The SMILES string of the molecule is CN(CCC(c1cccs1)c1cccc2ccccc12)C(=O)CCCN1CCNCC1c1ccccc1. The number of carbonyl (C=O) groups excluding carboxylic acids is 1. The zero-order valence-electron chi connectivity index (χ0n) is 21.7. The maximum Gasteiger partial charge on any atom is 0.222 e. The van der Waals surface area contributed by atoms with Gasteiger partial charge in [0.2, 0.25) is 5.91 Å². The molecule has 1 fully saturated rings. The minimum atomic E-state index is 0.245. The normalized spacial score (nSPS) is 17.1. The molecule has 4 aromatic rings. The highest BCUT2D eigenvalue weighted by Crippen LogP contribution is 2.35. The second-order valence-electron chi connectivity index (χ2n) is 10.0. The molecule has 1 aliphatic heterocycles. The predicted octanol–water partition coefficient (Wildman–Crippen LogP) is 6.31. The Balaban J connectivity index is 1.18. The topological polar surface area (TPSA) is 35.6 Å². The highest BCUT2D eigenvalue weighted by Gasteiger charge is 2.24. The van der Waals surface area contributed by atoms with Crippen molar-refractivity contribution < 1.29 is 4.79 Å². The van der Waals surface area contributed by atoms with E-state index in [1.165, 1.54) is 26.8 Å². The van der Waals surface area contributed by atoms with Crippen LogP contribution in [-0.2, 0) is 4.79 Å². The Kier molecular flexibility index (Phi) is 8.67. The van der Waals surface area contributed by atoms with Crippen LogP contribution in [0.15, 0.2) is 90.3 Å². The van der Waals surface area contributed by atoms with E-state index < -0.39 is 0 Å². The van der Waals surface area contributed by atoms with Gasteiger partial charge in [0.05, 0.1) is 0 Å². The molecule has 1 saturated heterocycles. The van der Waals surface area contributed by atoms with Gasteiger partial charge in [0.1, 0.15) is 0 Å². The minimum Gasteiger partial charge on any atom is -0.346 e. The summed E-state index contributed by atoms with van der Waals surface area (Å²) in [5, 5.41) is 8.26. The molecule has 1 aliphatic rings. The molecule has 0 saturated carbocycles. The summed E-state index contributed by atoms with van der Waals surface area (Å²) < 4.78 is 0. The maximum absolute atomic E-state index is 13.1. The van der Waals surface area contributed by atoms with Crippen molar-refractivity contribution in [1.82, 2.24) is 15.1 Å². The van der Waals surface area contributed by atoms with Gasteiger partial charge in [0, 0.05) is 56.5 Å². The van der Waals surface area contributed by atoms with E-state index in [0.29, 0.717) is 12.5 Å². The van der Waals surface area contributed by atoms with Crippen molar-refractivity contribution >= 4 is 28.0 Å². The Hall–Kier alpha value is -2.99. The molecule has 192 valence electrons. The third kappa shape index (κ3) is 6.30. The molecule has 2 heterocycles. The molecule has 3 aromatic carbocycles. The molecule has 2 atom stereocenters. The summed E-state index contributed by atoms with van der Waals surface area (Å²) in [6.45, 7) is 4.71. The molecule has 4 nitrogen and oxygen atoms in total. The Labute approximate surface area is 224 Å². The number of thiophene rings is 1. The summed E-state index contributed by atoms with van der Waals surface area (Å²) in [6.07, 6.45) is 2.41. The summed E-state index contributed by atoms with van der Waals surface area (Å²) in [5.74, 6) is 0.531. The Bertz CT molecular complexity index is 1270. The fourth-order valence-electron chi connectivity index (χ4n) is 5.58. The van der Waals surface area contributed by atoms with Gasteiger partial charge in [-0.05, 0) is 52.7 Å². The van der Waals surface area contributed by atoms with E-state index in [4.69, 9.17) is 0 Å². The van der Waals surface area contributed by atoms with Crippen LogP contribution < -0.4 is 5.32 Å². The number of benzene rings is 3. The molecule has 1 amide bonds. The average Bonchev–Trinajstić information content (AvgIpc) is 3.48. The summed E-state index contributed by atoms with van der Waals surface area (Å²) in [7, 11) is 1.97. The van der Waals surface area contributed by atoms with Crippen molar-refractivity contribution in [3.63, 3.8) is 0 Å². The number of piperazine rings is 1. The quantitative estimate of drug-likeness (QED) is 0.271. The fourth-order valence-corrected chi connectivity index (χ4v) is 6.46. The molecule has 1 N–H and O–H groups in total. The average molecular weight is 512 g/mol. The smallest absolute Gasteiger partial charge is 0.222 e. The van der Waals surface area contributed by atoms with Crippen molar-refractivity contribution in [1.29, 1.82) is 0 Å². The Morgan fingerprint density at radius 3 is 2.68 bits per heavy atom. The molecular formula is C32H37N3OS. The molecule has 0 aliphatic carbocycles. The first-order valence-electron chi connectivity index (χ1n) is 13.5. The summed E-state index contributed by atoms with van der Waals surface area (Å²) >= 11 is 1.81. The highest BCUT2D eigenvalue weighted by atomic mass is 32.1. The highest BCUT2D eigenvalue weighted by molar-refractivity contribution is 7.10. The monoisotopic (exact) mass is 511 g/mol. The van der Waals surface area contributed by atoms with Crippen molar-refractivity contribution in [2.24, 2.45) is 0 Å².